The molecule has 24 heavy (non-hydrogen) atoms. The standard InChI is InChI=1S/C19H22N2O2S/c1-14-10-15(2)12-16(11-14)19(23)21-7-5-20(6-8-21)13-17(22)18-4-3-9-24-18/h3-4,9-12H,5-8,13H2,1-2H3. The van der Waals surface area contributed by atoms with Crippen LogP contribution in [-0.4, -0.2) is 54.2 Å². The zero-order valence-electron chi connectivity index (χ0n) is 14.1. The largest absolute Gasteiger partial charge is 0.336 e. The summed E-state index contributed by atoms with van der Waals surface area (Å²) in [4.78, 5) is 29.7. The molecule has 1 fully saturated rings. The van der Waals surface area contributed by atoms with E-state index in [0.717, 1.165) is 34.7 Å². The molecule has 0 atom stereocenters. The van der Waals surface area contributed by atoms with Gasteiger partial charge in [0.15, 0.2) is 5.78 Å². The zero-order valence-corrected chi connectivity index (χ0v) is 14.9. The summed E-state index contributed by atoms with van der Waals surface area (Å²) in [6.07, 6.45) is 0. The lowest BCUT2D eigenvalue weighted by molar-refractivity contribution is 0.0625. The van der Waals surface area contributed by atoms with Crippen LogP contribution in [0.15, 0.2) is 35.7 Å². The number of piperazine rings is 1. The molecule has 2 heterocycles. The number of ketones is 1. The first kappa shape index (κ1) is 16.9. The number of carbonyl (C=O) groups excluding carboxylic acids is 2. The maximum Gasteiger partial charge on any atom is 0.253 e. The second-order valence-electron chi connectivity index (χ2n) is 6.35. The van der Waals surface area contributed by atoms with Crippen molar-refractivity contribution in [2.45, 2.75) is 13.8 Å². The molecule has 0 N–H and O–H groups in total. The third-order valence-corrected chi connectivity index (χ3v) is 5.20. The predicted octanol–water partition coefficient (Wildman–Crippen LogP) is 3.01. The third kappa shape index (κ3) is 3.91. The van der Waals surface area contributed by atoms with Crippen molar-refractivity contribution in [2.24, 2.45) is 0 Å². The van der Waals surface area contributed by atoms with Crippen LogP contribution < -0.4 is 0 Å². The second kappa shape index (κ2) is 7.28. The fourth-order valence-electron chi connectivity index (χ4n) is 3.11. The Balaban J connectivity index is 1.56. The number of Topliss-reactive ketones (excluding diaryl/α,β-unsaturated/α-hetero) is 1. The predicted molar refractivity (Wildman–Crippen MR) is 96.9 cm³/mol. The highest BCUT2D eigenvalue weighted by Crippen LogP contribution is 2.14. The van der Waals surface area contributed by atoms with E-state index in [1.165, 1.54) is 11.3 Å². The fraction of sp³-hybridized carbons (Fsp3) is 0.368. The number of hydrogen-bond donors (Lipinski definition) is 0. The van der Waals surface area contributed by atoms with E-state index in [4.69, 9.17) is 0 Å². The van der Waals surface area contributed by atoms with Crippen molar-refractivity contribution in [3.05, 3.63) is 57.3 Å². The third-order valence-electron chi connectivity index (χ3n) is 4.29. The molecule has 0 radical (unpaired) electrons. The van der Waals surface area contributed by atoms with Crippen LogP contribution in [0.1, 0.15) is 31.2 Å². The van der Waals surface area contributed by atoms with Crippen molar-refractivity contribution in [2.75, 3.05) is 32.7 Å². The van der Waals surface area contributed by atoms with Crippen molar-refractivity contribution in [3.8, 4) is 0 Å². The molecule has 4 nitrogen and oxygen atoms in total. The molecule has 1 aromatic heterocycles. The number of benzene rings is 1. The van der Waals surface area contributed by atoms with Gasteiger partial charge in [-0.25, -0.2) is 0 Å². The normalized spacial score (nSPS) is 15.5. The van der Waals surface area contributed by atoms with E-state index >= 15 is 0 Å². The van der Waals surface area contributed by atoms with Gasteiger partial charge in [-0.3, -0.25) is 14.5 Å². The molecule has 0 bridgehead atoms. The van der Waals surface area contributed by atoms with E-state index < -0.39 is 0 Å². The molecule has 1 amide bonds. The van der Waals surface area contributed by atoms with Gasteiger partial charge in [0.1, 0.15) is 0 Å². The zero-order chi connectivity index (χ0) is 17.1. The van der Waals surface area contributed by atoms with E-state index in [1.807, 2.05) is 48.4 Å². The van der Waals surface area contributed by atoms with E-state index in [2.05, 4.69) is 11.0 Å². The Labute approximate surface area is 146 Å². The highest BCUT2D eigenvalue weighted by Gasteiger charge is 2.24. The molecule has 0 unspecified atom stereocenters. The van der Waals surface area contributed by atoms with Crippen LogP contribution in [0.2, 0.25) is 0 Å². The summed E-state index contributed by atoms with van der Waals surface area (Å²) >= 11 is 1.48. The van der Waals surface area contributed by atoms with Crippen molar-refractivity contribution in [3.63, 3.8) is 0 Å². The smallest absolute Gasteiger partial charge is 0.253 e. The quantitative estimate of drug-likeness (QED) is 0.802. The Morgan fingerprint density at radius 3 is 2.29 bits per heavy atom. The van der Waals surface area contributed by atoms with Gasteiger partial charge >= 0.3 is 0 Å². The van der Waals surface area contributed by atoms with Gasteiger partial charge in [0.05, 0.1) is 11.4 Å². The number of thiophene rings is 1. The van der Waals surface area contributed by atoms with Crippen LogP contribution >= 0.6 is 11.3 Å². The summed E-state index contributed by atoms with van der Waals surface area (Å²) in [6.45, 7) is 7.29. The highest BCUT2D eigenvalue weighted by atomic mass is 32.1. The lowest BCUT2D eigenvalue weighted by Gasteiger charge is -2.34. The average molecular weight is 342 g/mol. The number of amides is 1. The molecular weight excluding hydrogens is 320 g/mol. The first-order valence-electron chi connectivity index (χ1n) is 8.19. The SMILES string of the molecule is Cc1cc(C)cc(C(=O)N2CCN(CC(=O)c3cccs3)CC2)c1. The van der Waals surface area contributed by atoms with Gasteiger partial charge in [-0.2, -0.15) is 0 Å². The molecule has 1 aliphatic rings. The molecule has 1 aromatic carbocycles. The molecule has 1 saturated heterocycles. The number of rotatable bonds is 4. The molecule has 1 aliphatic heterocycles. The summed E-state index contributed by atoms with van der Waals surface area (Å²) in [6, 6.07) is 9.74. The summed E-state index contributed by atoms with van der Waals surface area (Å²) < 4.78 is 0. The minimum absolute atomic E-state index is 0.0889. The number of carbonyl (C=O) groups is 2. The van der Waals surface area contributed by atoms with Crippen LogP contribution in [0.3, 0.4) is 0 Å². The monoisotopic (exact) mass is 342 g/mol. The van der Waals surface area contributed by atoms with Gasteiger partial charge in [0.2, 0.25) is 0 Å². The van der Waals surface area contributed by atoms with Crippen LogP contribution in [0.5, 0.6) is 0 Å². The molecular formula is C19H22N2O2S. The topological polar surface area (TPSA) is 40.6 Å². The van der Waals surface area contributed by atoms with Gasteiger partial charge in [0, 0.05) is 31.7 Å². The van der Waals surface area contributed by atoms with E-state index in [1.54, 1.807) is 0 Å². The van der Waals surface area contributed by atoms with Gasteiger partial charge < -0.3 is 4.90 Å². The number of aryl methyl sites for hydroxylation is 2. The van der Waals surface area contributed by atoms with Crippen molar-refractivity contribution < 1.29 is 9.59 Å². The van der Waals surface area contributed by atoms with Crippen molar-refractivity contribution in [1.29, 1.82) is 0 Å². The molecule has 126 valence electrons. The number of nitrogens with zero attached hydrogens (tertiary/aromatic N) is 2. The second-order valence-corrected chi connectivity index (χ2v) is 7.29. The maximum absolute atomic E-state index is 12.7. The maximum atomic E-state index is 12.7. The van der Waals surface area contributed by atoms with Gasteiger partial charge in [0.25, 0.3) is 5.91 Å². The lowest BCUT2D eigenvalue weighted by Crippen LogP contribution is -2.49. The first-order valence-corrected chi connectivity index (χ1v) is 9.07. The average Bonchev–Trinajstić information content (AvgIpc) is 3.08. The van der Waals surface area contributed by atoms with E-state index in [9.17, 15) is 9.59 Å². The van der Waals surface area contributed by atoms with Gasteiger partial charge in [-0.1, -0.05) is 23.3 Å². The van der Waals surface area contributed by atoms with Crippen LogP contribution in [0, 0.1) is 13.8 Å². The molecule has 0 saturated carbocycles. The Morgan fingerprint density at radius 2 is 1.71 bits per heavy atom. The molecule has 0 aliphatic carbocycles. The minimum Gasteiger partial charge on any atom is -0.336 e. The van der Waals surface area contributed by atoms with Gasteiger partial charge in [-0.05, 0) is 37.4 Å². The van der Waals surface area contributed by atoms with Crippen LogP contribution in [-0.2, 0) is 0 Å². The summed E-state index contributed by atoms with van der Waals surface area (Å²) in [5.41, 5.74) is 2.98. The van der Waals surface area contributed by atoms with Crippen molar-refractivity contribution >= 4 is 23.0 Å². The van der Waals surface area contributed by atoms with Crippen LogP contribution in [0.25, 0.3) is 0 Å². The van der Waals surface area contributed by atoms with E-state index in [-0.39, 0.29) is 11.7 Å². The van der Waals surface area contributed by atoms with Gasteiger partial charge in [-0.15, -0.1) is 11.3 Å². The Kier molecular flexibility index (Phi) is 5.11. The summed E-state index contributed by atoms with van der Waals surface area (Å²) in [7, 11) is 0. The molecule has 5 heteroatoms. The van der Waals surface area contributed by atoms with Crippen LogP contribution in [0.4, 0.5) is 0 Å². The Bertz CT molecular complexity index is 712. The highest BCUT2D eigenvalue weighted by molar-refractivity contribution is 7.12. The minimum atomic E-state index is 0.0889. The molecule has 3 rings (SSSR count). The molecule has 0 spiro atoms. The Morgan fingerprint density at radius 1 is 1.04 bits per heavy atom. The number of hydrogen-bond acceptors (Lipinski definition) is 4. The fourth-order valence-corrected chi connectivity index (χ4v) is 3.76. The lowest BCUT2D eigenvalue weighted by atomic mass is 10.1. The summed E-state index contributed by atoms with van der Waals surface area (Å²) in [5.74, 6) is 0.255. The molecule has 2 aromatic rings. The van der Waals surface area contributed by atoms with E-state index in [0.29, 0.717) is 19.6 Å². The Hall–Kier alpha value is -1.98. The summed E-state index contributed by atoms with van der Waals surface area (Å²) in [5, 5.41) is 1.92. The van der Waals surface area contributed by atoms with Crippen molar-refractivity contribution in [1.82, 2.24) is 9.80 Å². The first-order chi connectivity index (χ1) is 11.5.